The first-order valence-corrected chi connectivity index (χ1v) is 7.74. The van der Waals surface area contributed by atoms with Gasteiger partial charge in [-0.1, -0.05) is 34.6 Å². The van der Waals surface area contributed by atoms with E-state index in [1.54, 1.807) is 0 Å². The molecule has 4 heteroatoms. The lowest BCUT2D eigenvalue weighted by atomic mass is 9.92. The number of hydrogen-bond acceptors (Lipinski definition) is 3. The van der Waals surface area contributed by atoms with Gasteiger partial charge in [0.1, 0.15) is 11.6 Å². The Hall–Kier alpha value is -0.390. The van der Waals surface area contributed by atoms with Crippen molar-refractivity contribution in [3.63, 3.8) is 0 Å². The minimum absolute atomic E-state index is 0.222. The molecule has 1 heterocycles. The summed E-state index contributed by atoms with van der Waals surface area (Å²) in [6.45, 7) is 11.9. The maximum atomic E-state index is 4.69. The molecular formula is C14H24IN3. The Labute approximate surface area is 124 Å². The first-order valence-electron chi connectivity index (χ1n) is 6.66. The van der Waals surface area contributed by atoms with Gasteiger partial charge in [0.05, 0.1) is 9.26 Å². The lowest BCUT2D eigenvalue weighted by Crippen LogP contribution is -2.16. The van der Waals surface area contributed by atoms with E-state index >= 15 is 0 Å². The highest BCUT2D eigenvalue weighted by Gasteiger charge is 2.17. The van der Waals surface area contributed by atoms with Gasteiger partial charge in [0, 0.05) is 13.0 Å². The van der Waals surface area contributed by atoms with Crippen LogP contribution in [0, 0.1) is 8.99 Å². The van der Waals surface area contributed by atoms with Crippen LogP contribution in [0.3, 0.4) is 0 Å². The summed E-state index contributed by atoms with van der Waals surface area (Å²) >= 11 is 2.35. The van der Waals surface area contributed by atoms with Crippen molar-refractivity contribution in [2.45, 2.75) is 53.9 Å². The normalized spacial score (nSPS) is 11.7. The van der Waals surface area contributed by atoms with Crippen LogP contribution in [0.2, 0.25) is 0 Å². The third-order valence-electron chi connectivity index (χ3n) is 2.53. The van der Waals surface area contributed by atoms with Crippen LogP contribution in [0.25, 0.3) is 0 Å². The fourth-order valence-electron chi connectivity index (χ4n) is 1.69. The number of aryl methyl sites for hydroxylation is 1. The number of aromatic nitrogens is 2. The second-order valence-electron chi connectivity index (χ2n) is 5.77. The van der Waals surface area contributed by atoms with Crippen LogP contribution in [-0.4, -0.2) is 16.5 Å². The maximum Gasteiger partial charge on any atom is 0.143 e. The summed E-state index contributed by atoms with van der Waals surface area (Å²) in [6.07, 6.45) is 2.98. The summed E-state index contributed by atoms with van der Waals surface area (Å²) in [5.74, 6) is 1.96. The summed E-state index contributed by atoms with van der Waals surface area (Å²) < 4.78 is 1.17. The van der Waals surface area contributed by atoms with Crippen molar-refractivity contribution in [1.29, 1.82) is 0 Å². The minimum atomic E-state index is 0.222. The largest absolute Gasteiger partial charge is 0.369 e. The van der Waals surface area contributed by atoms with Gasteiger partial charge < -0.3 is 5.32 Å². The van der Waals surface area contributed by atoms with Crippen molar-refractivity contribution in [2.75, 3.05) is 11.9 Å². The molecule has 0 fully saturated rings. The molecule has 18 heavy (non-hydrogen) atoms. The molecule has 0 atom stereocenters. The summed E-state index contributed by atoms with van der Waals surface area (Å²) in [7, 11) is 0. The molecule has 0 aliphatic carbocycles. The number of anilines is 1. The number of hydrogen-bond donors (Lipinski definition) is 1. The highest BCUT2D eigenvalue weighted by Crippen LogP contribution is 2.24. The predicted molar refractivity (Wildman–Crippen MR) is 86.1 cm³/mol. The van der Waals surface area contributed by atoms with Crippen molar-refractivity contribution < 1.29 is 0 Å². The van der Waals surface area contributed by atoms with E-state index in [4.69, 9.17) is 0 Å². The molecule has 0 aliphatic heterocycles. The second kappa shape index (κ2) is 6.68. The van der Waals surface area contributed by atoms with E-state index in [2.05, 4.69) is 72.5 Å². The van der Waals surface area contributed by atoms with Crippen molar-refractivity contribution in [1.82, 2.24) is 9.97 Å². The molecule has 0 aromatic carbocycles. The van der Waals surface area contributed by atoms with Crippen molar-refractivity contribution >= 4 is 28.4 Å². The van der Waals surface area contributed by atoms with Crippen LogP contribution in [-0.2, 0) is 12.8 Å². The van der Waals surface area contributed by atoms with Crippen LogP contribution < -0.4 is 5.32 Å². The fourth-order valence-corrected chi connectivity index (χ4v) is 2.51. The van der Waals surface area contributed by atoms with E-state index in [0.29, 0.717) is 0 Å². The molecule has 0 radical (unpaired) electrons. The molecule has 1 aromatic heterocycles. The van der Waals surface area contributed by atoms with Crippen molar-refractivity contribution in [3.05, 3.63) is 15.1 Å². The Balaban J connectivity index is 3.05. The molecule has 0 amide bonds. The monoisotopic (exact) mass is 361 g/mol. The maximum absolute atomic E-state index is 4.69. The van der Waals surface area contributed by atoms with E-state index in [-0.39, 0.29) is 5.41 Å². The molecule has 1 N–H and O–H groups in total. The zero-order valence-electron chi connectivity index (χ0n) is 12.1. The first kappa shape index (κ1) is 15.7. The molecule has 0 spiro atoms. The Morgan fingerprint density at radius 2 is 1.83 bits per heavy atom. The SMILES string of the molecule is CCCNc1nc(CC(C)(C)C)nc(CC)c1I. The molecule has 1 aromatic rings. The zero-order chi connectivity index (χ0) is 13.8. The molecule has 1 rings (SSSR count). The van der Waals surface area contributed by atoms with Gasteiger partial charge in [0.2, 0.25) is 0 Å². The summed E-state index contributed by atoms with van der Waals surface area (Å²) in [5.41, 5.74) is 1.38. The molecule has 102 valence electrons. The average molecular weight is 361 g/mol. The Kier molecular flexibility index (Phi) is 5.82. The van der Waals surface area contributed by atoms with E-state index in [1.807, 2.05) is 0 Å². The van der Waals surface area contributed by atoms with Gasteiger partial charge in [-0.25, -0.2) is 9.97 Å². The van der Waals surface area contributed by atoms with Gasteiger partial charge in [0.15, 0.2) is 0 Å². The zero-order valence-corrected chi connectivity index (χ0v) is 14.3. The van der Waals surface area contributed by atoms with Crippen LogP contribution >= 0.6 is 22.6 Å². The van der Waals surface area contributed by atoms with E-state index in [9.17, 15) is 0 Å². The minimum Gasteiger partial charge on any atom is -0.369 e. The van der Waals surface area contributed by atoms with E-state index < -0.39 is 0 Å². The fraction of sp³-hybridized carbons (Fsp3) is 0.714. The third kappa shape index (κ3) is 4.71. The van der Waals surface area contributed by atoms with Gasteiger partial charge in [-0.05, 0) is 40.8 Å². The number of rotatable bonds is 5. The predicted octanol–water partition coefficient (Wildman–Crippen LogP) is 4.05. The summed E-state index contributed by atoms with van der Waals surface area (Å²) in [5, 5.41) is 3.40. The van der Waals surface area contributed by atoms with Crippen LogP contribution in [0.1, 0.15) is 52.6 Å². The summed E-state index contributed by atoms with van der Waals surface area (Å²) in [6, 6.07) is 0. The lowest BCUT2D eigenvalue weighted by Gasteiger charge is -2.19. The number of nitrogens with zero attached hydrogens (tertiary/aromatic N) is 2. The van der Waals surface area contributed by atoms with Gasteiger partial charge >= 0.3 is 0 Å². The second-order valence-corrected chi connectivity index (χ2v) is 6.85. The number of halogens is 1. The molecule has 0 aliphatic rings. The molecule has 0 saturated carbocycles. The molecule has 0 unspecified atom stereocenters. The quantitative estimate of drug-likeness (QED) is 0.804. The average Bonchev–Trinajstić information content (AvgIpc) is 2.27. The Bertz CT molecular complexity index is 397. The highest BCUT2D eigenvalue weighted by molar-refractivity contribution is 14.1. The Morgan fingerprint density at radius 1 is 1.17 bits per heavy atom. The van der Waals surface area contributed by atoms with Gasteiger partial charge in [0.25, 0.3) is 0 Å². The van der Waals surface area contributed by atoms with E-state index in [0.717, 1.165) is 43.1 Å². The topological polar surface area (TPSA) is 37.8 Å². The smallest absolute Gasteiger partial charge is 0.143 e. The lowest BCUT2D eigenvalue weighted by molar-refractivity contribution is 0.400. The first-order chi connectivity index (χ1) is 8.37. The Morgan fingerprint density at radius 3 is 2.33 bits per heavy atom. The standard InChI is InChI=1S/C14H24IN3/c1-6-8-16-13-12(15)10(7-2)17-11(18-13)9-14(3,4)5/h6-9H2,1-5H3,(H,16,17,18). The van der Waals surface area contributed by atoms with Crippen LogP contribution in [0.5, 0.6) is 0 Å². The van der Waals surface area contributed by atoms with Gasteiger partial charge in [-0.3, -0.25) is 0 Å². The molecule has 0 bridgehead atoms. The molecule has 0 saturated heterocycles. The van der Waals surface area contributed by atoms with Crippen LogP contribution in [0.15, 0.2) is 0 Å². The van der Waals surface area contributed by atoms with Crippen molar-refractivity contribution in [3.8, 4) is 0 Å². The van der Waals surface area contributed by atoms with Gasteiger partial charge in [-0.2, -0.15) is 0 Å². The highest BCUT2D eigenvalue weighted by atomic mass is 127. The number of nitrogens with one attached hydrogen (secondary N) is 1. The van der Waals surface area contributed by atoms with Crippen LogP contribution in [0.4, 0.5) is 5.82 Å². The van der Waals surface area contributed by atoms with E-state index in [1.165, 1.54) is 3.57 Å². The van der Waals surface area contributed by atoms with Crippen molar-refractivity contribution in [2.24, 2.45) is 5.41 Å². The third-order valence-corrected chi connectivity index (χ3v) is 3.67. The molecule has 3 nitrogen and oxygen atoms in total. The van der Waals surface area contributed by atoms with Gasteiger partial charge in [-0.15, -0.1) is 0 Å². The summed E-state index contributed by atoms with van der Waals surface area (Å²) in [4.78, 5) is 9.36. The molecular weight excluding hydrogens is 337 g/mol.